The fourth-order valence-electron chi connectivity index (χ4n) is 8.17. The first kappa shape index (κ1) is 57.7. The number of unbranched alkanes of at least 4 members (excludes halogenated alkanes) is 27. The summed E-state index contributed by atoms with van der Waals surface area (Å²) < 4.78 is 1.77. The molecule has 0 aromatic heterocycles. The Morgan fingerprint density at radius 1 is 0.358 bits per heavy atom. The Hall–Kier alpha value is 0.380. The van der Waals surface area contributed by atoms with Crippen LogP contribution in [0.4, 0.5) is 0 Å². The number of likely N-dealkylation sites (N-methyl/N-ethyl adjacent to an activating group) is 2. The van der Waals surface area contributed by atoms with Gasteiger partial charge in [-0.1, -0.05) is 181 Å². The lowest BCUT2D eigenvalue weighted by Crippen LogP contribution is -3.00. The molecule has 5 nitrogen and oxygen atoms in total. The lowest BCUT2D eigenvalue weighted by molar-refractivity contribution is -0.893. The van der Waals surface area contributed by atoms with Gasteiger partial charge in [-0.05, 0) is 38.6 Å². The molecule has 0 spiro atoms. The van der Waals surface area contributed by atoms with Crippen LogP contribution in [-0.4, -0.2) is 110 Å². The molecule has 2 N–H and O–H groups in total. The molecule has 0 rings (SSSR count). The Bertz CT molecular complexity index is 666. The minimum Gasteiger partial charge on any atom is -1.00 e. The zero-order valence-electron chi connectivity index (χ0n) is 37.3. The zero-order chi connectivity index (χ0) is 37.9. The maximum atomic E-state index is 11.3. The molecule has 0 amide bonds. The Morgan fingerprint density at radius 3 is 0.849 bits per heavy atom. The summed E-state index contributed by atoms with van der Waals surface area (Å²) in [5, 5.41) is 22.7. The molecule has 2 unspecified atom stereocenters. The van der Waals surface area contributed by atoms with Gasteiger partial charge in [0.15, 0.2) is 0 Å². The molecule has 0 aliphatic rings. The SMILES string of the molecule is CCCCCCCCCCCCN(CC(O)C[N+](C)(C)CCCCCCCCCCCC)CC(O)C[N+](C)(C)CCCCCCCCCCCC.[Cl-].[Cl-]. The van der Waals surface area contributed by atoms with E-state index in [1.165, 1.54) is 193 Å². The largest absolute Gasteiger partial charge is 1.00 e. The molecule has 0 aliphatic heterocycles. The van der Waals surface area contributed by atoms with Crippen molar-refractivity contribution in [3.8, 4) is 0 Å². The number of halogens is 2. The van der Waals surface area contributed by atoms with Crippen molar-refractivity contribution < 1.29 is 44.0 Å². The fourth-order valence-corrected chi connectivity index (χ4v) is 8.17. The summed E-state index contributed by atoms with van der Waals surface area (Å²) in [6.07, 6.45) is 40.0. The summed E-state index contributed by atoms with van der Waals surface area (Å²) in [6, 6.07) is 0. The Labute approximate surface area is 347 Å². The van der Waals surface area contributed by atoms with Crippen LogP contribution in [-0.2, 0) is 0 Å². The van der Waals surface area contributed by atoms with Crippen LogP contribution in [0.25, 0.3) is 0 Å². The van der Waals surface area contributed by atoms with Crippen LogP contribution < -0.4 is 24.8 Å². The highest BCUT2D eigenvalue weighted by Crippen LogP contribution is 2.16. The summed E-state index contributed by atoms with van der Waals surface area (Å²) in [4.78, 5) is 2.40. The van der Waals surface area contributed by atoms with Crippen molar-refractivity contribution in [1.82, 2.24) is 4.90 Å². The molecule has 7 heteroatoms. The van der Waals surface area contributed by atoms with Gasteiger partial charge in [-0.2, -0.15) is 0 Å². The van der Waals surface area contributed by atoms with Gasteiger partial charge in [-0.15, -0.1) is 0 Å². The van der Waals surface area contributed by atoms with E-state index < -0.39 is 0 Å². The van der Waals surface area contributed by atoms with Crippen LogP contribution in [0.3, 0.4) is 0 Å². The zero-order valence-corrected chi connectivity index (χ0v) is 38.8. The molecule has 0 fully saturated rings. The third-order valence-corrected chi connectivity index (χ3v) is 11.4. The predicted molar refractivity (Wildman–Crippen MR) is 228 cm³/mol. The van der Waals surface area contributed by atoms with Crippen molar-refractivity contribution in [3.63, 3.8) is 0 Å². The summed E-state index contributed by atoms with van der Waals surface area (Å²) in [5.41, 5.74) is 0. The second kappa shape index (κ2) is 40.6. The Morgan fingerprint density at radius 2 is 0.585 bits per heavy atom. The number of aliphatic hydroxyl groups is 2. The van der Waals surface area contributed by atoms with Gasteiger partial charge in [-0.25, -0.2) is 0 Å². The van der Waals surface area contributed by atoms with E-state index in [0.717, 1.165) is 41.7 Å². The van der Waals surface area contributed by atoms with Gasteiger partial charge >= 0.3 is 0 Å². The highest BCUT2D eigenvalue weighted by Gasteiger charge is 2.26. The average molecular weight is 797 g/mol. The molecule has 0 radical (unpaired) electrons. The summed E-state index contributed by atoms with van der Waals surface area (Å²) in [7, 11) is 9.19. The van der Waals surface area contributed by atoms with Gasteiger partial charge in [0.2, 0.25) is 0 Å². The summed E-state index contributed by atoms with van der Waals surface area (Å²) in [5.74, 6) is 0. The Balaban J connectivity index is -0.0000125. The number of rotatable bonds is 41. The van der Waals surface area contributed by atoms with E-state index in [9.17, 15) is 10.2 Å². The average Bonchev–Trinajstić information content (AvgIpc) is 3.06. The van der Waals surface area contributed by atoms with Crippen LogP contribution in [0.15, 0.2) is 0 Å². The van der Waals surface area contributed by atoms with Crippen LogP contribution in [0.1, 0.15) is 213 Å². The van der Waals surface area contributed by atoms with Crippen molar-refractivity contribution in [3.05, 3.63) is 0 Å². The van der Waals surface area contributed by atoms with E-state index in [-0.39, 0.29) is 37.0 Å². The second-order valence-electron chi connectivity index (χ2n) is 18.3. The predicted octanol–water partition coefficient (Wildman–Crippen LogP) is 5.93. The number of hydrogen-bond acceptors (Lipinski definition) is 3. The lowest BCUT2D eigenvalue weighted by atomic mass is 10.1. The highest BCUT2D eigenvalue weighted by molar-refractivity contribution is 4.70. The molecule has 2 atom stereocenters. The maximum Gasteiger partial charge on any atom is 0.115 e. The maximum absolute atomic E-state index is 11.3. The molecule has 0 saturated carbocycles. The minimum absolute atomic E-state index is 0. The van der Waals surface area contributed by atoms with E-state index in [2.05, 4.69) is 53.9 Å². The van der Waals surface area contributed by atoms with Crippen molar-refractivity contribution >= 4 is 0 Å². The Kier molecular flexibility index (Phi) is 44.2. The van der Waals surface area contributed by atoms with Crippen LogP contribution in [0, 0.1) is 0 Å². The molecule has 0 aliphatic carbocycles. The van der Waals surface area contributed by atoms with Gasteiger partial charge < -0.3 is 44.0 Å². The minimum atomic E-state index is -0.354. The van der Waals surface area contributed by atoms with E-state index >= 15 is 0 Å². The van der Waals surface area contributed by atoms with Crippen LogP contribution in [0.5, 0.6) is 0 Å². The number of hydrogen-bond donors (Lipinski definition) is 2. The van der Waals surface area contributed by atoms with E-state index in [4.69, 9.17) is 0 Å². The molecule has 0 heterocycles. The van der Waals surface area contributed by atoms with Gasteiger partial charge in [0.1, 0.15) is 25.3 Å². The van der Waals surface area contributed by atoms with Crippen molar-refractivity contribution in [2.24, 2.45) is 0 Å². The van der Waals surface area contributed by atoms with Gasteiger partial charge in [-0.3, -0.25) is 4.90 Å². The smallest absolute Gasteiger partial charge is 0.115 e. The quantitative estimate of drug-likeness (QED) is 0.0596. The molecular formula is C46H99Cl2N3O2. The van der Waals surface area contributed by atoms with Gasteiger partial charge in [0, 0.05) is 13.1 Å². The highest BCUT2D eigenvalue weighted by atomic mass is 35.5. The third kappa shape index (κ3) is 41.8. The van der Waals surface area contributed by atoms with Gasteiger partial charge in [0.25, 0.3) is 0 Å². The molecule has 0 aromatic carbocycles. The molecule has 0 saturated heterocycles. The first-order valence-electron chi connectivity index (χ1n) is 23.3. The van der Waals surface area contributed by atoms with Crippen molar-refractivity contribution in [2.45, 2.75) is 226 Å². The van der Waals surface area contributed by atoms with Crippen LogP contribution >= 0.6 is 0 Å². The third-order valence-electron chi connectivity index (χ3n) is 11.4. The van der Waals surface area contributed by atoms with E-state index in [1.807, 2.05) is 0 Å². The van der Waals surface area contributed by atoms with E-state index in [0.29, 0.717) is 13.1 Å². The molecule has 0 bridgehead atoms. The van der Waals surface area contributed by atoms with Crippen LogP contribution in [0.2, 0.25) is 0 Å². The van der Waals surface area contributed by atoms with Gasteiger partial charge in [0.05, 0.1) is 41.3 Å². The standard InChI is InChI=1S/C46H99N3O2.2ClH/c1-8-11-14-17-20-23-26-29-32-35-38-47(41-45(50)43-48(4,5)39-36-33-30-27-24-21-18-15-12-9-2)42-46(51)44-49(6,7)40-37-34-31-28-25-22-19-16-13-10-3;;/h45-46,50-51H,8-44H2,1-7H3;2*1H/q+2;;/p-2. The molecule has 324 valence electrons. The summed E-state index contributed by atoms with van der Waals surface area (Å²) in [6.45, 7) is 13.1. The molecular weight excluding hydrogens is 697 g/mol. The topological polar surface area (TPSA) is 43.7 Å². The first-order valence-corrected chi connectivity index (χ1v) is 23.3. The molecule has 53 heavy (non-hydrogen) atoms. The normalized spacial score (nSPS) is 13.2. The lowest BCUT2D eigenvalue weighted by Gasteiger charge is -2.36. The number of nitrogens with zero attached hydrogens (tertiary/aromatic N) is 3. The first-order chi connectivity index (χ1) is 24.5. The summed E-state index contributed by atoms with van der Waals surface area (Å²) >= 11 is 0. The fraction of sp³-hybridized carbons (Fsp3) is 1.00. The molecule has 0 aromatic rings. The van der Waals surface area contributed by atoms with E-state index in [1.54, 1.807) is 0 Å². The number of aliphatic hydroxyl groups excluding tert-OH is 2. The second-order valence-corrected chi connectivity index (χ2v) is 18.3. The van der Waals surface area contributed by atoms with Crippen molar-refractivity contribution in [2.75, 3.05) is 74.0 Å². The monoisotopic (exact) mass is 796 g/mol. The van der Waals surface area contributed by atoms with Crippen molar-refractivity contribution in [1.29, 1.82) is 0 Å². The number of quaternary nitrogens is 2.